The zero-order valence-electron chi connectivity index (χ0n) is 11.1. The molecule has 1 heterocycles. The maximum absolute atomic E-state index is 14.0. The minimum atomic E-state index is -0.665. The summed E-state index contributed by atoms with van der Waals surface area (Å²) in [6, 6.07) is 13.7. The van der Waals surface area contributed by atoms with Gasteiger partial charge in [-0.3, -0.25) is 0 Å². The number of halogens is 3. The van der Waals surface area contributed by atoms with Gasteiger partial charge in [0, 0.05) is 11.6 Å². The van der Waals surface area contributed by atoms with Crippen molar-refractivity contribution in [2.45, 2.75) is 0 Å². The summed E-state index contributed by atoms with van der Waals surface area (Å²) in [6.45, 7) is 0. The van der Waals surface area contributed by atoms with Gasteiger partial charge in [0.2, 0.25) is 0 Å². The predicted molar refractivity (Wildman–Crippen MR) is 78.6 cm³/mol. The number of benzene rings is 2. The van der Waals surface area contributed by atoms with Crippen LogP contribution in [-0.4, -0.2) is 9.78 Å². The molecule has 0 spiro atoms. The Morgan fingerprint density at radius 3 is 2.50 bits per heavy atom. The maximum Gasteiger partial charge on any atom is 0.182 e. The van der Waals surface area contributed by atoms with E-state index >= 15 is 0 Å². The Bertz CT molecular complexity index is 882. The summed E-state index contributed by atoms with van der Waals surface area (Å²) in [7, 11) is 0. The molecule has 0 aliphatic rings. The first-order valence-electron chi connectivity index (χ1n) is 6.31. The molecule has 0 unspecified atom stereocenters. The molecular formula is C16H8ClF2N3. The van der Waals surface area contributed by atoms with E-state index in [9.17, 15) is 8.78 Å². The number of hydrogen-bond acceptors (Lipinski definition) is 2. The van der Waals surface area contributed by atoms with Gasteiger partial charge in [-0.25, -0.2) is 13.5 Å². The lowest BCUT2D eigenvalue weighted by atomic mass is 10.1. The second kappa shape index (κ2) is 5.58. The van der Waals surface area contributed by atoms with Crippen LogP contribution in [0, 0.1) is 23.0 Å². The van der Waals surface area contributed by atoms with Crippen molar-refractivity contribution in [1.82, 2.24) is 9.78 Å². The predicted octanol–water partition coefficient (Wildman–Crippen LogP) is 4.34. The monoisotopic (exact) mass is 315 g/mol. The molecule has 22 heavy (non-hydrogen) atoms. The van der Waals surface area contributed by atoms with Crippen molar-refractivity contribution in [3.63, 3.8) is 0 Å². The van der Waals surface area contributed by atoms with Crippen LogP contribution >= 0.6 is 11.6 Å². The van der Waals surface area contributed by atoms with Crippen molar-refractivity contribution in [3.8, 4) is 23.0 Å². The highest BCUT2D eigenvalue weighted by Gasteiger charge is 2.21. The minimum absolute atomic E-state index is 0.0517. The molecule has 0 saturated carbocycles. The minimum Gasteiger partial charge on any atom is -0.227 e. The fourth-order valence-electron chi connectivity index (χ4n) is 2.14. The molecule has 0 bridgehead atoms. The molecule has 0 saturated heterocycles. The smallest absolute Gasteiger partial charge is 0.182 e. The van der Waals surface area contributed by atoms with Gasteiger partial charge in [-0.2, -0.15) is 10.4 Å². The van der Waals surface area contributed by atoms with Crippen LogP contribution in [0.4, 0.5) is 8.78 Å². The van der Waals surface area contributed by atoms with Crippen LogP contribution in [0.3, 0.4) is 0 Å². The van der Waals surface area contributed by atoms with E-state index in [0.29, 0.717) is 11.3 Å². The largest absolute Gasteiger partial charge is 0.227 e. The summed E-state index contributed by atoms with van der Waals surface area (Å²) in [4.78, 5) is 0. The highest BCUT2D eigenvalue weighted by molar-refractivity contribution is 6.34. The van der Waals surface area contributed by atoms with E-state index in [0.717, 1.165) is 22.9 Å². The molecule has 0 atom stereocenters. The molecule has 2 aromatic carbocycles. The van der Waals surface area contributed by atoms with Crippen molar-refractivity contribution in [2.75, 3.05) is 0 Å². The third kappa shape index (κ3) is 2.34. The van der Waals surface area contributed by atoms with Gasteiger partial charge < -0.3 is 0 Å². The fourth-order valence-corrected chi connectivity index (χ4v) is 2.41. The van der Waals surface area contributed by atoms with Crippen LogP contribution in [0.2, 0.25) is 5.02 Å². The summed E-state index contributed by atoms with van der Waals surface area (Å²) in [5.41, 5.74) is 0.819. The SMILES string of the molecule is N#Cc1nn(-c2cc(F)ccc2F)c(-c2ccccc2)c1Cl. The maximum atomic E-state index is 14.0. The lowest BCUT2D eigenvalue weighted by Gasteiger charge is -2.09. The Hall–Kier alpha value is -2.71. The fraction of sp³-hybridized carbons (Fsp3) is 0. The summed E-state index contributed by atoms with van der Waals surface area (Å²) < 4.78 is 28.6. The summed E-state index contributed by atoms with van der Waals surface area (Å²) in [5.74, 6) is -1.28. The van der Waals surface area contributed by atoms with E-state index in [1.54, 1.807) is 24.3 Å². The van der Waals surface area contributed by atoms with E-state index in [1.807, 2.05) is 12.1 Å². The zero-order chi connectivity index (χ0) is 15.7. The number of nitriles is 1. The van der Waals surface area contributed by atoms with Crippen LogP contribution in [0.25, 0.3) is 16.9 Å². The molecule has 0 aliphatic heterocycles. The molecule has 108 valence electrons. The first-order valence-corrected chi connectivity index (χ1v) is 6.69. The van der Waals surface area contributed by atoms with Crippen LogP contribution < -0.4 is 0 Å². The quantitative estimate of drug-likeness (QED) is 0.705. The van der Waals surface area contributed by atoms with E-state index in [4.69, 9.17) is 16.9 Å². The van der Waals surface area contributed by atoms with E-state index in [1.165, 1.54) is 0 Å². The van der Waals surface area contributed by atoms with Crippen molar-refractivity contribution in [3.05, 3.63) is 70.9 Å². The van der Waals surface area contributed by atoms with Crippen LogP contribution in [-0.2, 0) is 0 Å². The van der Waals surface area contributed by atoms with Crippen molar-refractivity contribution in [2.24, 2.45) is 0 Å². The zero-order valence-corrected chi connectivity index (χ0v) is 11.9. The van der Waals surface area contributed by atoms with E-state index in [2.05, 4.69) is 5.10 Å². The summed E-state index contributed by atoms with van der Waals surface area (Å²) in [5, 5.41) is 13.2. The van der Waals surface area contributed by atoms with Crippen LogP contribution in [0.15, 0.2) is 48.5 Å². The van der Waals surface area contributed by atoms with Crippen molar-refractivity contribution < 1.29 is 8.78 Å². The summed E-state index contributed by atoms with van der Waals surface area (Å²) >= 11 is 6.18. The highest BCUT2D eigenvalue weighted by atomic mass is 35.5. The van der Waals surface area contributed by atoms with Crippen molar-refractivity contribution in [1.29, 1.82) is 5.26 Å². The lowest BCUT2D eigenvalue weighted by Crippen LogP contribution is -2.03. The third-order valence-corrected chi connectivity index (χ3v) is 3.48. The first-order chi connectivity index (χ1) is 10.6. The van der Waals surface area contributed by atoms with Crippen LogP contribution in [0.5, 0.6) is 0 Å². The molecule has 3 aromatic rings. The normalized spacial score (nSPS) is 10.5. The topological polar surface area (TPSA) is 41.6 Å². The Morgan fingerprint density at radius 1 is 1.09 bits per heavy atom. The molecule has 3 nitrogen and oxygen atoms in total. The standard InChI is InChI=1S/C16H8ClF2N3/c17-15-13(9-20)21-22(14-8-11(18)6-7-12(14)19)16(15)10-4-2-1-3-5-10/h1-8H. The first kappa shape index (κ1) is 14.2. The van der Waals surface area contributed by atoms with Gasteiger partial charge in [0.25, 0.3) is 0 Å². The van der Waals surface area contributed by atoms with Gasteiger partial charge in [-0.15, -0.1) is 0 Å². The van der Waals surface area contributed by atoms with Gasteiger partial charge in [0.1, 0.15) is 28.4 Å². The van der Waals surface area contributed by atoms with Gasteiger partial charge in [0.15, 0.2) is 5.69 Å². The van der Waals surface area contributed by atoms with E-state index < -0.39 is 11.6 Å². The molecule has 3 rings (SSSR count). The molecule has 6 heteroatoms. The van der Waals surface area contributed by atoms with Crippen molar-refractivity contribution >= 4 is 11.6 Å². The van der Waals surface area contributed by atoms with Gasteiger partial charge in [-0.1, -0.05) is 41.9 Å². The summed E-state index contributed by atoms with van der Waals surface area (Å²) in [6.07, 6.45) is 0. The Kier molecular flexibility index (Phi) is 3.61. The number of nitrogens with zero attached hydrogens (tertiary/aromatic N) is 3. The second-order valence-corrected chi connectivity index (χ2v) is 4.87. The lowest BCUT2D eigenvalue weighted by molar-refractivity contribution is 0.587. The van der Waals surface area contributed by atoms with Crippen LogP contribution in [0.1, 0.15) is 5.69 Å². The molecule has 0 amide bonds. The molecule has 0 fully saturated rings. The molecule has 0 radical (unpaired) electrons. The molecule has 1 aromatic heterocycles. The third-order valence-electron chi connectivity index (χ3n) is 3.12. The Labute approximate surface area is 130 Å². The molecule has 0 aliphatic carbocycles. The van der Waals surface area contributed by atoms with Gasteiger partial charge in [0.05, 0.1) is 5.69 Å². The number of aromatic nitrogens is 2. The number of hydrogen-bond donors (Lipinski definition) is 0. The van der Waals surface area contributed by atoms with E-state index in [-0.39, 0.29) is 16.4 Å². The van der Waals surface area contributed by atoms with Gasteiger partial charge >= 0.3 is 0 Å². The van der Waals surface area contributed by atoms with Gasteiger partial charge in [-0.05, 0) is 12.1 Å². The average molecular weight is 316 g/mol. The average Bonchev–Trinajstić information content (AvgIpc) is 2.87. The molecule has 0 N–H and O–H groups in total. The highest BCUT2D eigenvalue weighted by Crippen LogP contribution is 2.33. The number of rotatable bonds is 2. The second-order valence-electron chi connectivity index (χ2n) is 4.50. The Morgan fingerprint density at radius 2 is 1.82 bits per heavy atom. The molecular weight excluding hydrogens is 308 g/mol. The Balaban J connectivity index is 2.33.